The van der Waals surface area contributed by atoms with Crippen molar-refractivity contribution in [3.63, 3.8) is 0 Å². The lowest BCUT2D eigenvalue weighted by atomic mass is 10.1. The molecule has 1 rings (SSSR count). The number of methoxy groups -OCH3 is 1. The van der Waals surface area contributed by atoms with Gasteiger partial charge in [0, 0.05) is 6.08 Å². The summed E-state index contributed by atoms with van der Waals surface area (Å²) in [5.41, 5.74) is 1.38. The number of carbonyl (C=O) groups is 1. The summed E-state index contributed by atoms with van der Waals surface area (Å²) in [5.74, 6) is -0.360. The number of allylic oxidation sites excluding steroid dienone is 1. The number of benzene rings is 1. The van der Waals surface area contributed by atoms with Gasteiger partial charge in [0.25, 0.3) is 0 Å². The van der Waals surface area contributed by atoms with Crippen LogP contribution >= 0.6 is 0 Å². The molecule has 0 bridgehead atoms. The second-order valence-corrected chi connectivity index (χ2v) is 2.58. The third-order valence-corrected chi connectivity index (χ3v) is 1.68. The lowest BCUT2D eigenvalue weighted by Crippen LogP contribution is -2.00. The van der Waals surface area contributed by atoms with Crippen molar-refractivity contribution in [1.29, 1.82) is 5.26 Å². The number of hydrogen-bond donors (Lipinski definition) is 0. The van der Waals surface area contributed by atoms with Crippen molar-refractivity contribution in [3.05, 3.63) is 41.5 Å². The van der Waals surface area contributed by atoms with Gasteiger partial charge in [0.2, 0.25) is 0 Å². The van der Waals surface area contributed by atoms with Crippen LogP contribution in [0.3, 0.4) is 0 Å². The maximum atomic E-state index is 11.0. The average molecular weight is 187 g/mol. The Balaban J connectivity index is 2.85. The van der Waals surface area contributed by atoms with E-state index in [0.717, 1.165) is 5.56 Å². The fourth-order valence-corrected chi connectivity index (χ4v) is 0.982. The zero-order valence-electron chi connectivity index (χ0n) is 7.73. The summed E-state index contributed by atoms with van der Waals surface area (Å²) in [5, 5.41) is 8.30. The van der Waals surface area contributed by atoms with E-state index in [0.29, 0.717) is 5.56 Å². The first-order valence-corrected chi connectivity index (χ1v) is 4.02. The number of hydrogen-bond acceptors (Lipinski definition) is 3. The summed E-state index contributed by atoms with van der Waals surface area (Å²) in [6.45, 7) is 0. The molecule has 0 unspecified atom stereocenters. The van der Waals surface area contributed by atoms with E-state index >= 15 is 0 Å². The van der Waals surface area contributed by atoms with E-state index in [-0.39, 0.29) is 5.97 Å². The van der Waals surface area contributed by atoms with Crippen LogP contribution < -0.4 is 0 Å². The van der Waals surface area contributed by atoms with Crippen molar-refractivity contribution < 1.29 is 9.53 Å². The standard InChI is InChI=1S/C11H9NO2/c1-14-11(13)10-6-4-9(5-7-10)3-2-8-12/h2-7H,1H3/b3-2+. The molecule has 1 aromatic carbocycles. The van der Waals surface area contributed by atoms with E-state index in [2.05, 4.69) is 4.74 Å². The predicted molar refractivity (Wildman–Crippen MR) is 52.4 cm³/mol. The summed E-state index contributed by atoms with van der Waals surface area (Å²) < 4.78 is 4.55. The minimum absolute atomic E-state index is 0.360. The fourth-order valence-electron chi connectivity index (χ4n) is 0.982. The summed E-state index contributed by atoms with van der Waals surface area (Å²) in [4.78, 5) is 11.0. The lowest BCUT2D eigenvalue weighted by Gasteiger charge is -1.98. The molecular weight excluding hydrogens is 178 g/mol. The molecule has 0 saturated heterocycles. The van der Waals surface area contributed by atoms with Crippen molar-refractivity contribution >= 4 is 12.0 Å². The van der Waals surface area contributed by atoms with Crippen LogP contribution in [0.5, 0.6) is 0 Å². The minimum atomic E-state index is -0.360. The largest absolute Gasteiger partial charge is 0.465 e. The SMILES string of the molecule is COC(=O)c1ccc(/C=C/C#N)cc1. The van der Waals surface area contributed by atoms with Crippen LogP contribution in [0.1, 0.15) is 15.9 Å². The molecule has 0 radical (unpaired) electrons. The molecule has 0 spiro atoms. The third kappa shape index (κ3) is 2.46. The normalized spacial score (nSPS) is 9.71. The monoisotopic (exact) mass is 187 g/mol. The van der Waals surface area contributed by atoms with Gasteiger partial charge >= 0.3 is 5.97 Å². The van der Waals surface area contributed by atoms with E-state index < -0.39 is 0 Å². The summed E-state index contributed by atoms with van der Waals surface area (Å²) in [7, 11) is 1.34. The zero-order chi connectivity index (χ0) is 10.4. The summed E-state index contributed by atoms with van der Waals surface area (Å²) in [6, 6.07) is 8.70. The molecule has 0 aliphatic rings. The number of nitrogens with zero attached hydrogens (tertiary/aromatic N) is 1. The molecule has 1 aromatic rings. The highest BCUT2D eigenvalue weighted by Crippen LogP contribution is 2.06. The van der Waals surface area contributed by atoms with Crippen LogP contribution in [-0.4, -0.2) is 13.1 Å². The van der Waals surface area contributed by atoms with Crippen molar-refractivity contribution in [2.45, 2.75) is 0 Å². The molecule has 0 N–H and O–H groups in total. The zero-order valence-corrected chi connectivity index (χ0v) is 7.73. The second kappa shape index (κ2) is 4.83. The Hall–Kier alpha value is -2.08. The molecule has 0 heterocycles. The Morgan fingerprint density at radius 1 is 1.43 bits per heavy atom. The molecule has 70 valence electrons. The van der Waals surface area contributed by atoms with Crippen molar-refractivity contribution in [2.24, 2.45) is 0 Å². The van der Waals surface area contributed by atoms with E-state index in [4.69, 9.17) is 5.26 Å². The van der Waals surface area contributed by atoms with Crippen LogP contribution in [0, 0.1) is 11.3 Å². The first-order valence-electron chi connectivity index (χ1n) is 4.02. The smallest absolute Gasteiger partial charge is 0.337 e. The molecule has 14 heavy (non-hydrogen) atoms. The molecule has 0 fully saturated rings. The molecule has 0 aliphatic heterocycles. The van der Waals surface area contributed by atoms with Crippen molar-refractivity contribution in [2.75, 3.05) is 7.11 Å². The first-order chi connectivity index (χ1) is 6.77. The van der Waals surface area contributed by atoms with Crippen LogP contribution in [0.15, 0.2) is 30.3 Å². The van der Waals surface area contributed by atoms with E-state index in [1.165, 1.54) is 13.2 Å². The summed E-state index contributed by atoms with van der Waals surface area (Å²) in [6.07, 6.45) is 3.05. The molecule has 0 aliphatic carbocycles. The third-order valence-electron chi connectivity index (χ3n) is 1.68. The highest BCUT2D eigenvalue weighted by molar-refractivity contribution is 5.89. The van der Waals surface area contributed by atoms with Gasteiger partial charge in [-0.15, -0.1) is 0 Å². The Labute approximate surface area is 82.2 Å². The topological polar surface area (TPSA) is 50.1 Å². The molecule has 3 heteroatoms. The molecule has 0 amide bonds. The van der Waals surface area contributed by atoms with Crippen LogP contribution in [-0.2, 0) is 4.74 Å². The van der Waals surface area contributed by atoms with Gasteiger partial charge in [0.15, 0.2) is 0 Å². The van der Waals surface area contributed by atoms with E-state index in [1.807, 2.05) is 6.07 Å². The molecular formula is C11H9NO2. The van der Waals surface area contributed by atoms with Crippen molar-refractivity contribution in [1.82, 2.24) is 0 Å². The van der Waals surface area contributed by atoms with Crippen LogP contribution in [0.4, 0.5) is 0 Å². The average Bonchev–Trinajstić information content (AvgIpc) is 2.26. The van der Waals surface area contributed by atoms with Gasteiger partial charge < -0.3 is 4.74 Å². The van der Waals surface area contributed by atoms with Gasteiger partial charge in [0.05, 0.1) is 18.7 Å². The van der Waals surface area contributed by atoms with E-state index in [1.54, 1.807) is 30.3 Å². The quantitative estimate of drug-likeness (QED) is 0.525. The Morgan fingerprint density at radius 3 is 2.57 bits per heavy atom. The number of carbonyl (C=O) groups excluding carboxylic acids is 1. The second-order valence-electron chi connectivity index (χ2n) is 2.58. The first kappa shape index (κ1) is 10.0. The lowest BCUT2D eigenvalue weighted by molar-refractivity contribution is 0.0601. The number of rotatable bonds is 2. The molecule has 0 atom stereocenters. The summed E-state index contributed by atoms with van der Waals surface area (Å²) >= 11 is 0. The van der Waals surface area contributed by atoms with Gasteiger partial charge in [-0.3, -0.25) is 0 Å². The fraction of sp³-hybridized carbons (Fsp3) is 0.0909. The van der Waals surface area contributed by atoms with Gasteiger partial charge in [-0.1, -0.05) is 12.1 Å². The molecule has 0 aromatic heterocycles. The highest BCUT2D eigenvalue weighted by atomic mass is 16.5. The van der Waals surface area contributed by atoms with Crippen molar-refractivity contribution in [3.8, 4) is 6.07 Å². The Bertz CT molecular complexity index is 385. The molecule has 3 nitrogen and oxygen atoms in total. The van der Waals surface area contributed by atoms with Gasteiger partial charge in [-0.25, -0.2) is 4.79 Å². The van der Waals surface area contributed by atoms with E-state index in [9.17, 15) is 4.79 Å². The number of nitriles is 1. The Kier molecular flexibility index (Phi) is 3.45. The van der Waals surface area contributed by atoms with Gasteiger partial charge in [-0.2, -0.15) is 5.26 Å². The molecule has 0 saturated carbocycles. The van der Waals surface area contributed by atoms with Gasteiger partial charge in [0.1, 0.15) is 0 Å². The van der Waals surface area contributed by atoms with Crippen LogP contribution in [0.2, 0.25) is 0 Å². The maximum Gasteiger partial charge on any atom is 0.337 e. The highest BCUT2D eigenvalue weighted by Gasteiger charge is 2.02. The Morgan fingerprint density at radius 2 is 2.07 bits per heavy atom. The number of esters is 1. The van der Waals surface area contributed by atoms with Gasteiger partial charge in [-0.05, 0) is 23.8 Å². The van der Waals surface area contributed by atoms with Crippen LogP contribution in [0.25, 0.3) is 6.08 Å². The maximum absolute atomic E-state index is 11.0. The number of ether oxygens (including phenoxy) is 1. The minimum Gasteiger partial charge on any atom is -0.465 e. The predicted octanol–water partition coefficient (Wildman–Crippen LogP) is 2.01.